The van der Waals surface area contributed by atoms with Gasteiger partial charge in [-0.2, -0.15) is 0 Å². The van der Waals surface area contributed by atoms with Crippen molar-refractivity contribution in [2.75, 3.05) is 0 Å². The number of benzene rings is 3. The summed E-state index contributed by atoms with van der Waals surface area (Å²) in [6.07, 6.45) is 3.43. The number of aromatic nitrogens is 1. The Morgan fingerprint density at radius 1 is 1.03 bits per heavy atom. The van der Waals surface area contributed by atoms with Crippen LogP contribution in [0.15, 0.2) is 105 Å². The van der Waals surface area contributed by atoms with Crippen LogP contribution in [0.2, 0.25) is 0 Å². The van der Waals surface area contributed by atoms with Gasteiger partial charge in [0.15, 0.2) is 5.69 Å². The molecule has 1 aromatic heterocycles. The number of aromatic amines is 1. The van der Waals surface area contributed by atoms with E-state index >= 15 is 0 Å². The van der Waals surface area contributed by atoms with E-state index in [0.29, 0.717) is 16.5 Å². The maximum absolute atomic E-state index is 13.1. The van der Waals surface area contributed by atoms with Crippen molar-refractivity contribution in [1.29, 1.82) is 0 Å². The standard InChI is InChI=1S/C28H23BrN4O3/c1-17(13-19-9-5-3-6-10-19)16-23(30-26(34)20-11-7-4-8-12-20)27(35)33-32-25-21-14-18(2)15-22(29)24(21)31-28(25)36/h3-16,31,36H,1-2H3,(H,30,34)/b17-13+,23-16+,33-32?. The number of aryl methyl sites for hydroxylation is 1. The number of carbonyl (C=O) groups excluding carboxylic acids is 2. The molecule has 1 heterocycles. The minimum atomic E-state index is -0.763. The molecular formula is C28H23BrN4O3. The highest BCUT2D eigenvalue weighted by Crippen LogP contribution is 2.39. The fourth-order valence-corrected chi connectivity index (χ4v) is 4.30. The molecule has 8 heteroatoms. The van der Waals surface area contributed by atoms with Crippen molar-refractivity contribution in [2.24, 2.45) is 10.2 Å². The number of hydrogen-bond acceptors (Lipinski definition) is 4. The summed E-state index contributed by atoms with van der Waals surface area (Å²) in [7, 11) is 0. The first-order valence-electron chi connectivity index (χ1n) is 11.1. The molecule has 0 bridgehead atoms. The first kappa shape index (κ1) is 24.8. The van der Waals surface area contributed by atoms with Crippen molar-refractivity contribution in [1.82, 2.24) is 10.3 Å². The van der Waals surface area contributed by atoms with Crippen molar-refractivity contribution < 1.29 is 14.7 Å². The predicted octanol–water partition coefficient (Wildman–Crippen LogP) is 6.97. The number of H-pyrrole nitrogens is 1. The Hall–Kier alpha value is -4.30. The summed E-state index contributed by atoms with van der Waals surface area (Å²) in [5.74, 6) is -1.43. The predicted molar refractivity (Wildman–Crippen MR) is 144 cm³/mol. The maximum atomic E-state index is 13.1. The summed E-state index contributed by atoms with van der Waals surface area (Å²) >= 11 is 3.46. The van der Waals surface area contributed by atoms with Gasteiger partial charge in [-0.1, -0.05) is 54.6 Å². The molecule has 4 rings (SSSR count). The number of nitrogens with zero attached hydrogens (tertiary/aromatic N) is 2. The van der Waals surface area contributed by atoms with Crippen molar-refractivity contribution in [3.63, 3.8) is 0 Å². The zero-order chi connectivity index (χ0) is 25.7. The number of azo groups is 1. The molecular weight excluding hydrogens is 520 g/mol. The van der Waals surface area contributed by atoms with Gasteiger partial charge in [0.25, 0.3) is 5.91 Å². The second-order valence-electron chi connectivity index (χ2n) is 8.17. The Balaban J connectivity index is 1.68. The number of halogens is 1. The van der Waals surface area contributed by atoms with Gasteiger partial charge in [-0.15, -0.1) is 10.2 Å². The van der Waals surface area contributed by atoms with Crippen molar-refractivity contribution in [2.45, 2.75) is 13.8 Å². The molecule has 0 saturated carbocycles. The molecule has 0 fully saturated rings. The summed E-state index contributed by atoms with van der Waals surface area (Å²) in [6, 6.07) is 21.9. The van der Waals surface area contributed by atoms with Gasteiger partial charge in [0.05, 0.1) is 5.52 Å². The van der Waals surface area contributed by atoms with E-state index in [1.165, 1.54) is 0 Å². The van der Waals surface area contributed by atoms with Crippen LogP contribution in [-0.2, 0) is 4.79 Å². The monoisotopic (exact) mass is 542 g/mol. The number of carbonyl (C=O) groups is 2. The lowest BCUT2D eigenvalue weighted by atomic mass is 10.1. The highest BCUT2D eigenvalue weighted by Gasteiger charge is 2.17. The van der Waals surface area contributed by atoms with Gasteiger partial charge in [0, 0.05) is 15.4 Å². The van der Waals surface area contributed by atoms with Crippen LogP contribution in [0.5, 0.6) is 5.88 Å². The third kappa shape index (κ3) is 5.84. The number of hydrogen-bond donors (Lipinski definition) is 3. The molecule has 180 valence electrons. The Kier molecular flexibility index (Phi) is 7.56. The number of nitrogens with one attached hydrogen (secondary N) is 2. The zero-order valence-corrected chi connectivity index (χ0v) is 21.2. The molecule has 36 heavy (non-hydrogen) atoms. The summed E-state index contributed by atoms with van der Waals surface area (Å²) in [6.45, 7) is 3.72. The fraction of sp³-hybridized carbons (Fsp3) is 0.0714. The van der Waals surface area contributed by atoms with Gasteiger partial charge >= 0.3 is 5.91 Å². The molecule has 2 amide bonds. The highest BCUT2D eigenvalue weighted by molar-refractivity contribution is 9.10. The third-order valence-corrected chi connectivity index (χ3v) is 5.90. The molecule has 0 spiro atoms. The number of amides is 2. The average molecular weight is 543 g/mol. The smallest absolute Gasteiger partial charge is 0.311 e. The molecule has 0 radical (unpaired) electrons. The van der Waals surface area contributed by atoms with Crippen molar-refractivity contribution in [3.05, 3.63) is 111 Å². The number of allylic oxidation sites excluding steroid dienone is 2. The molecule has 0 saturated heterocycles. The zero-order valence-electron chi connectivity index (χ0n) is 19.6. The Morgan fingerprint density at radius 3 is 2.39 bits per heavy atom. The summed E-state index contributed by atoms with van der Waals surface area (Å²) < 4.78 is 0.748. The van der Waals surface area contributed by atoms with Crippen LogP contribution in [-0.4, -0.2) is 21.9 Å². The Bertz CT molecular complexity index is 1520. The fourth-order valence-electron chi connectivity index (χ4n) is 3.63. The second kappa shape index (κ2) is 11.0. The lowest BCUT2D eigenvalue weighted by molar-refractivity contribution is -0.115. The molecule has 4 aromatic rings. The molecule has 3 N–H and O–H groups in total. The van der Waals surface area contributed by atoms with Crippen LogP contribution in [0.4, 0.5) is 5.69 Å². The van der Waals surface area contributed by atoms with E-state index in [1.807, 2.05) is 62.4 Å². The van der Waals surface area contributed by atoms with Crippen LogP contribution in [0.25, 0.3) is 17.0 Å². The van der Waals surface area contributed by atoms with E-state index in [1.54, 1.807) is 36.4 Å². The van der Waals surface area contributed by atoms with E-state index in [9.17, 15) is 14.7 Å². The first-order chi connectivity index (χ1) is 17.3. The molecule has 7 nitrogen and oxygen atoms in total. The summed E-state index contributed by atoms with van der Waals surface area (Å²) in [4.78, 5) is 28.7. The van der Waals surface area contributed by atoms with Gasteiger partial charge in [-0.3, -0.25) is 9.59 Å². The molecule has 3 aromatic carbocycles. The quantitative estimate of drug-likeness (QED) is 0.139. The van der Waals surface area contributed by atoms with Gasteiger partial charge in [-0.05, 0) is 76.8 Å². The van der Waals surface area contributed by atoms with Crippen LogP contribution >= 0.6 is 15.9 Å². The Labute approximate surface area is 216 Å². The van der Waals surface area contributed by atoms with E-state index in [2.05, 4.69) is 36.5 Å². The summed E-state index contributed by atoms with van der Waals surface area (Å²) in [5.41, 5.74) is 3.72. The van der Waals surface area contributed by atoms with Crippen LogP contribution in [0.1, 0.15) is 28.4 Å². The SMILES string of the molecule is CC(=C\c1ccccc1)/C=C(/NC(=O)c1ccccc1)C(=O)N=Nc1c(O)[nH]c2c(Br)cc(C)cc12. The van der Waals surface area contributed by atoms with E-state index in [-0.39, 0.29) is 17.3 Å². The van der Waals surface area contributed by atoms with Crippen LogP contribution in [0.3, 0.4) is 0 Å². The number of aromatic hydroxyl groups is 1. The topological polar surface area (TPSA) is 107 Å². The number of rotatable bonds is 6. The van der Waals surface area contributed by atoms with Gasteiger partial charge in [0.1, 0.15) is 5.70 Å². The van der Waals surface area contributed by atoms with Crippen LogP contribution in [0, 0.1) is 6.92 Å². The summed E-state index contributed by atoms with van der Waals surface area (Å²) in [5, 5.41) is 21.5. The minimum absolute atomic E-state index is 0.0472. The molecule has 0 unspecified atom stereocenters. The van der Waals surface area contributed by atoms with Gasteiger partial charge in [-0.25, -0.2) is 0 Å². The molecule has 0 atom stereocenters. The Morgan fingerprint density at radius 2 is 1.69 bits per heavy atom. The lowest BCUT2D eigenvalue weighted by Crippen LogP contribution is -2.26. The maximum Gasteiger partial charge on any atom is 0.311 e. The largest absolute Gasteiger partial charge is 0.493 e. The average Bonchev–Trinajstić information content (AvgIpc) is 3.18. The van der Waals surface area contributed by atoms with E-state index in [0.717, 1.165) is 21.2 Å². The van der Waals surface area contributed by atoms with Gasteiger partial charge in [0.2, 0.25) is 5.88 Å². The van der Waals surface area contributed by atoms with E-state index < -0.39 is 11.8 Å². The number of fused-ring (bicyclic) bond motifs is 1. The minimum Gasteiger partial charge on any atom is -0.493 e. The third-order valence-electron chi connectivity index (χ3n) is 5.28. The highest BCUT2D eigenvalue weighted by atomic mass is 79.9. The van der Waals surface area contributed by atoms with Gasteiger partial charge < -0.3 is 15.4 Å². The molecule has 0 aliphatic rings. The van der Waals surface area contributed by atoms with Crippen molar-refractivity contribution >= 4 is 50.4 Å². The lowest BCUT2D eigenvalue weighted by Gasteiger charge is -2.07. The second-order valence-corrected chi connectivity index (χ2v) is 9.03. The van der Waals surface area contributed by atoms with Crippen molar-refractivity contribution in [3.8, 4) is 5.88 Å². The van der Waals surface area contributed by atoms with Crippen LogP contribution < -0.4 is 5.32 Å². The first-order valence-corrected chi connectivity index (χ1v) is 11.9. The normalized spacial score (nSPS) is 12.3. The molecule has 0 aliphatic carbocycles. The molecule has 0 aliphatic heterocycles. The van der Waals surface area contributed by atoms with E-state index in [4.69, 9.17) is 0 Å².